The van der Waals surface area contributed by atoms with Crippen molar-refractivity contribution in [2.75, 3.05) is 6.54 Å². The van der Waals surface area contributed by atoms with Gasteiger partial charge < -0.3 is 5.32 Å². The largest absolute Gasteiger partial charge is 0.356 e. The molecule has 0 bridgehead atoms. The van der Waals surface area contributed by atoms with Crippen LogP contribution in [0, 0.1) is 17.8 Å². The lowest BCUT2D eigenvalue weighted by Gasteiger charge is -2.38. The highest BCUT2D eigenvalue weighted by Crippen LogP contribution is 2.43. The van der Waals surface area contributed by atoms with E-state index in [0.29, 0.717) is 13.0 Å². The van der Waals surface area contributed by atoms with Crippen LogP contribution in [0.25, 0.3) is 0 Å². The average Bonchev–Trinajstić information content (AvgIpc) is 1.97. The molecular weight excluding hydrogens is 150 g/mol. The van der Waals surface area contributed by atoms with Gasteiger partial charge in [-0.1, -0.05) is 6.42 Å². The van der Waals surface area contributed by atoms with Gasteiger partial charge in [-0.3, -0.25) is 4.79 Å². The van der Waals surface area contributed by atoms with Crippen molar-refractivity contribution >= 4 is 5.91 Å². The topological polar surface area (TPSA) is 29.1 Å². The first-order chi connectivity index (χ1) is 5.75. The van der Waals surface area contributed by atoms with Crippen LogP contribution < -0.4 is 5.32 Å². The van der Waals surface area contributed by atoms with Crippen LogP contribution in [0.3, 0.4) is 0 Å². The molecule has 1 saturated carbocycles. The fourth-order valence-corrected chi connectivity index (χ4v) is 1.63. The van der Waals surface area contributed by atoms with E-state index in [0.717, 1.165) is 19.3 Å². The van der Waals surface area contributed by atoms with Gasteiger partial charge in [0.25, 0.3) is 0 Å². The van der Waals surface area contributed by atoms with Gasteiger partial charge in [0.05, 0.1) is 5.41 Å². The number of carbonyl (C=O) groups is 1. The Labute approximate surface area is 73.7 Å². The Hall–Kier alpha value is -0.970. The fourth-order valence-electron chi connectivity index (χ4n) is 1.63. The van der Waals surface area contributed by atoms with E-state index >= 15 is 0 Å². The summed E-state index contributed by atoms with van der Waals surface area (Å²) >= 11 is 0. The summed E-state index contributed by atoms with van der Waals surface area (Å²) in [6, 6.07) is 0. The van der Waals surface area contributed by atoms with Crippen molar-refractivity contribution in [1.82, 2.24) is 5.32 Å². The minimum absolute atomic E-state index is 0.147. The zero-order valence-corrected chi connectivity index (χ0v) is 7.52. The molecule has 66 valence electrons. The van der Waals surface area contributed by atoms with Gasteiger partial charge in [-0.25, -0.2) is 0 Å². The second-order valence-corrected chi connectivity index (χ2v) is 3.37. The Bertz CT molecular complexity index is 210. The second kappa shape index (κ2) is 3.62. The van der Waals surface area contributed by atoms with E-state index in [2.05, 4.69) is 11.2 Å². The van der Waals surface area contributed by atoms with Crippen LogP contribution in [-0.4, -0.2) is 12.5 Å². The Kier molecular flexibility index (Phi) is 2.75. The zero-order valence-electron chi connectivity index (χ0n) is 7.52. The summed E-state index contributed by atoms with van der Waals surface area (Å²) < 4.78 is 0. The van der Waals surface area contributed by atoms with Crippen molar-refractivity contribution in [3.8, 4) is 12.3 Å². The molecule has 1 rings (SSSR count). The number of terminal acetylenes is 1. The van der Waals surface area contributed by atoms with Crippen LogP contribution in [0.2, 0.25) is 0 Å². The van der Waals surface area contributed by atoms with Crippen molar-refractivity contribution in [3.63, 3.8) is 0 Å². The van der Waals surface area contributed by atoms with E-state index in [1.165, 1.54) is 0 Å². The molecular formula is C10H15NO. The SMILES string of the molecule is C#CCC1(C(=O)NCC)CCC1. The standard InChI is InChI=1S/C10H15NO/c1-3-6-10(7-5-8-10)9(12)11-4-2/h1H,4-8H2,2H3,(H,11,12). The normalized spacial score (nSPS) is 19.0. The maximum absolute atomic E-state index is 11.5. The lowest BCUT2D eigenvalue weighted by molar-refractivity contribution is -0.135. The molecule has 1 aliphatic rings. The van der Waals surface area contributed by atoms with E-state index < -0.39 is 0 Å². The van der Waals surface area contributed by atoms with Crippen LogP contribution >= 0.6 is 0 Å². The zero-order chi connectivity index (χ0) is 9.03. The lowest BCUT2D eigenvalue weighted by Crippen LogP contribution is -2.45. The molecule has 0 unspecified atom stereocenters. The van der Waals surface area contributed by atoms with Gasteiger partial charge in [-0.15, -0.1) is 12.3 Å². The summed E-state index contributed by atoms with van der Waals surface area (Å²) in [5.74, 6) is 2.74. The highest BCUT2D eigenvalue weighted by Gasteiger charge is 2.42. The Morgan fingerprint density at radius 1 is 1.67 bits per heavy atom. The second-order valence-electron chi connectivity index (χ2n) is 3.37. The van der Waals surface area contributed by atoms with Crippen molar-refractivity contribution in [2.45, 2.75) is 32.6 Å². The summed E-state index contributed by atoms with van der Waals surface area (Å²) in [7, 11) is 0. The molecule has 1 fully saturated rings. The molecule has 0 heterocycles. The number of carbonyl (C=O) groups excluding carboxylic acids is 1. The Morgan fingerprint density at radius 3 is 2.67 bits per heavy atom. The number of amides is 1. The third kappa shape index (κ3) is 1.45. The van der Waals surface area contributed by atoms with Gasteiger partial charge in [0.15, 0.2) is 0 Å². The third-order valence-electron chi connectivity index (χ3n) is 2.57. The van der Waals surface area contributed by atoms with E-state index in [1.807, 2.05) is 6.92 Å². The highest BCUT2D eigenvalue weighted by molar-refractivity contribution is 5.83. The van der Waals surface area contributed by atoms with Gasteiger partial charge in [-0.05, 0) is 19.8 Å². The summed E-state index contributed by atoms with van der Waals surface area (Å²) in [4.78, 5) is 11.5. The molecule has 2 nitrogen and oxygen atoms in total. The van der Waals surface area contributed by atoms with Crippen molar-refractivity contribution in [1.29, 1.82) is 0 Å². The fraction of sp³-hybridized carbons (Fsp3) is 0.700. The molecule has 0 aromatic heterocycles. The minimum Gasteiger partial charge on any atom is -0.356 e. The first kappa shape index (κ1) is 9.12. The van der Waals surface area contributed by atoms with E-state index in [9.17, 15) is 4.79 Å². The summed E-state index contributed by atoms with van der Waals surface area (Å²) in [5.41, 5.74) is -0.204. The van der Waals surface area contributed by atoms with Crippen LogP contribution in [0.15, 0.2) is 0 Å². The van der Waals surface area contributed by atoms with Crippen LogP contribution in [-0.2, 0) is 4.79 Å². The smallest absolute Gasteiger partial charge is 0.227 e. The maximum atomic E-state index is 11.5. The monoisotopic (exact) mass is 165 g/mol. The molecule has 0 aliphatic heterocycles. The molecule has 0 spiro atoms. The van der Waals surface area contributed by atoms with Gasteiger partial charge in [0, 0.05) is 13.0 Å². The molecule has 2 heteroatoms. The van der Waals surface area contributed by atoms with Crippen molar-refractivity contribution in [3.05, 3.63) is 0 Å². The number of hydrogen-bond donors (Lipinski definition) is 1. The van der Waals surface area contributed by atoms with Gasteiger partial charge in [-0.2, -0.15) is 0 Å². The van der Waals surface area contributed by atoms with E-state index in [1.54, 1.807) is 0 Å². The minimum atomic E-state index is -0.204. The Balaban J connectivity index is 2.55. The molecule has 1 N–H and O–H groups in total. The molecule has 0 radical (unpaired) electrons. The third-order valence-corrected chi connectivity index (χ3v) is 2.57. The predicted octanol–water partition coefficient (Wildman–Crippen LogP) is 1.32. The number of rotatable bonds is 3. The highest BCUT2D eigenvalue weighted by atomic mass is 16.2. The van der Waals surface area contributed by atoms with E-state index in [-0.39, 0.29) is 11.3 Å². The van der Waals surface area contributed by atoms with Crippen LogP contribution in [0.1, 0.15) is 32.6 Å². The molecule has 0 atom stereocenters. The molecule has 0 aromatic rings. The summed E-state index contributed by atoms with van der Waals surface area (Å²) in [6.07, 6.45) is 8.88. The van der Waals surface area contributed by atoms with Gasteiger partial charge in [0.2, 0.25) is 5.91 Å². The maximum Gasteiger partial charge on any atom is 0.227 e. The average molecular weight is 165 g/mol. The van der Waals surface area contributed by atoms with Crippen LogP contribution in [0.5, 0.6) is 0 Å². The molecule has 0 saturated heterocycles. The Morgan fingerprint density at radius 2 is 2.33 bits per heavy atom. The van der Waals surface area contributed by atoms with Crippen LogP contribution in [0.4, 0.5) is 0 Å². The molecule has 1 amide bonds. The molecule has 12 heavy (non-hydrogen) atoms. The lowest BCUT2D eigenvalue weighted by atomic mass is 9.66. The van der Waals surface area contributed by atoms with Crippen molar-refractivity contribution < 1.29 is 4.79 Å². The van der Waals surface area contributed by atoms with Gasteiger partial charge in [0.1, 0.15) is 0 Å². The molecule has 1 aliphatic carbocycles. The summed E-state index contributed by atoms with van der Waals surface area (Å²) in [6.45, 7) is 2.63. The quantitative estimate of drug-likeness (QED) is 0.628. The number of nitrogens with one attached hydrogen (secondary N) is 1. The van der Waals surface area contributed by atoms with E-state index in [4.69, 9.17) is 6.42 Å². The first-order valence-corrected chi connectivity index (χ1v) is 4.47. The predicted molar refractivity (Wildman–Crippen MR) is 48.4 cm³/mol. The molecule has 0 aromatic carbocycles. The van der Waals surface area contributed by atoms with Gasteiger partial charge >= 0.3 is 0 Å². The summed E-state index contributed by atoms with van der Waals surface area (Å²) in [5, 5.41) is 2.84. The van der Waals surface area contributed by atoms with Crippen molar-refractivity contribution in [2.24, 2.45) is 5.41 Å². The first-order valence-electron chi connectivity index (χ1n) is 4.47. The number of hydrogen-bond acceptors (Lipinski definition) is 1.